The van der Waals surface area contributed by atoms with Crippen LogP contribution in [0.3, 0.4) is 0 Å². The van der Waals surface area contributed by atoms with E-state index in [0.29, 0.717) is 23.0 Å². The third-order valence-corrected chi connectivity index (χ3v) is 5.68. The standard InChI is InChI=1S/C18H20N4O4S2/c1-4-25-12-5-6-13-14(8-12)28-18(22(13)3)20-17(24)10-27-9-16(23)19-15-7-11(2)26-21-15/h5-8H,4,9-10H2,1-3H3,(H,19,21,23). The third kappa shape index (κ3) is 5.02. The Hall–Kier alpha value is -2.59. The van der Waals surface area contributed by atoms with Gasteiger partial charge in [-0.3, -0.25) is 9.59 Å². The summed E-state index contributed by atoms with van der Waals surface area (Å²) in [4.78, 5) is 28.8. The van der Waals surface area contributed by atoms with E-state index in [1.54, 1.807) is 13.0 Å². The fraction of sp³-hybridized carbons (Fsp3) is 0.333. The van der Waals surface area contributed by atoms with E-state index in [9.17, 15) is 9.59 Å². The molecule has 28 heavy (non-hydrogen) atoms. The third-order valence-electron chi connectivity index (χ3n) is 3.67. The van der Waals surface area contributed by atoms with Gasteiger partial charge in [-0.2, -0.15) is 4.99 Å². The monoisotopic (exact) mass is 420 g/mol. The Morgan fingerprint density at radius 3 is 2.89 bits per heavy atom. The van der Waals surface area contributed by atoms with Gasteiger partial charge in [0, 0.05) is 13.1 Å². The summed E-state index contributed by atoms with van der Waals surface area (Å²) in [5.74, 6) is 1.47. The van der Waals surface area contributed by atoms with E-state index in [1.807, 2.05) is 36.7 Å². The summed E-state index contributed by atoms with van der Waals surface area (Å²) in [5.41, 5.74) is 0.981. The van der Waals surface area contributed by atoms with Crippen LogP contribution in [0.15, 0.2) is 33.8 Å². The topological polar surface area (TPSA) is 98.7 Å². The highest BCUT2D eigenvalue weighted by atomic mass is 32.2. The quantitative estimate of drug-likeness (QED) is 0.631. The van der Waals surface area contributed by atoms with Crippen LogP contribution in [-0.2, 0) is 16.6 Å². The lowest BCUT2D eigenvalue weighted by Gasteiger charge is -2.02. The van der Waals surface area contributed by atoms with Crippen LogP contribution in [0.2, 0.25) is 0 Å². The summed E-state index contributed by atoms with van der Waals surface area (Å²) in [6, 6.07) is 7.42. The van der Waals surface area contributed by atoms with Crippen molar-refractivity contribution in [3.8, 4) is 5.75 Å². The molecular weight excluding hydrogens is 400 g/mol. The van der Waals surface area contributed by atoms with Gasteiger partial charge in [0.2, 0.25) is 5.91 Å². The van der Waals surface area contributed by atoms with Crippen LogP contribution in [0, 0.1) is 6.92 Å². The van der Waals surface area contributed by atoms with Crippen LogP contribution in [0.4, 0.5) is 5.82 Å². The van der Waals surface area contributed by atoms with Gasteiger partial charge in [0.05, 0.1) is 28.3 Å². The second kappa shape index (κ2) is 9.07. The molecule has 8 nitrogen and oxygen atoms in total. The van der Waals surface area contributed by atoms with Crippen molar-refractivity contribution in [3.63, 3.8) is 0 Å². The molecule has 0 unspecified atom stereocenters. The van der Waals surface area contributed by atoms with Gasteiger partial charge in [-0.1, -0.05) is 16.5 Å². The van der Waals surface area contributed by atoms with Gasteiger partial charge in [0.15, 0.2) is 10.6 Å². The molecule has 0 saturated carbocycles. The number of aromatic nitrogens is 2. The normalized spacial score (nSPS) is 11.8. The number of rotatable bonds is 7. The van der Waals surface area contributed by atoms with Crippen LogP contribution in [0.25, 0.3) is 10.2 Å². The number of hydrogen-bond acceptors (Lipinski definition) is 7. The molecular formula is C18H20N4O4S2. The molecule has 0 atom stereocenters. The van der Waals surface area contributed by atoms with Crippen LogP contribution < -0.4 is 14.9 Å². The van der Waals surface area contributed by atoms with Crippen LogP contribution >= 0.6 is 23.1 Å². The van der Waals surface area contributed by atoms with Gasteiger partial charge in [-0.15, -0.1) is 11.8 Å². The SMILES string of the molecule is CCOc1ccc2c(c1)sc(=NC(=O)CSCC(=O)Nc1cc(C)on1)n2C. The predicted molar refractivity (Wildman–Crippen MR) is 110 cm³/mol. The summed E-state index contributed by atoms with van der Waals surface area (Å²) in [6.45, 7) is 4.27. The zero-order valence-corrected chi connectivity index (χ0v) is 17.4. The van der Waals surface area contributed by atoms with E-state index >= 15 is 0 Å². The van der Waals surface area contributed by atoms with Crippen molar-refractivity contribution in [2.45, 2.75) is 13.8 Å². The summed E-state index contributed by atoms with van der Waals surface area (Å²) >= 11 is 2.62. The van der Waals surface area contributed by atoms with E-state index < -0.39 is 0 Å². The lowest BCUT2D eigenvalue weighted by Crippen LogP contribution is -2.17. The number of fused-ring (bicyclic) bond motifs is 1. The van der Waals surface area contributed by atoms with E-state index in [4.69, 9.17) is 9.26 Å². The molecule has 0 aliphatic heterocycles. The lowest BCUT2D eigenvalue weighted by atomic mass is 10.3. The molecule has 2 heterocycles. The maximum atomic E-state index is 12.2. The van der Waals surface area contributed by atoms with Gasteiger partial charge in [0.25, 0.3) is 5.91 Å². The molecule has 0 aliphatic carbocycles. The first-order valence-corrected chi connectivity index (χ1v) is 10.5. The first-order valence-electron chi connectivity index (χ1n) is 8.57. The number of ether oxygens (including phenoxy) is 1. The number of anilines is 1. The van der Waals surface area contributed by atoms with Crippen molar-refractivity contribution >= 4 is 50.9 Å². The number of carbonyl (C=O) groups is 2. The number of hydrogen-bond donors (Lipinski definition) is 1. The van der Waals surface area contributed by atoms with E-state index in [0.717, 1.165) is 16.0 Å². The van der Waals surface area contributed by atoms with Gasteiger partial charge >= 0.3 is 0 Å². The zero-order valence-electron chi connectivity index (χ0n) is 15.7. The molecule has 0 fully saturated rings. The molecule has 2 amide bonds. The van der Waals surface area contributed by atoms with Crippen LogP contribution in [-0.4, -0.2) is 39.7 Å². The highest BCUT2D eigenvalue weighted by Crippen LogP contribution is 2.22. The van der Waals surface area contributed by atoms with Crippen molar-refractivity contribution in [1.82, 2.24) is 9.72 Å². The highest BCUT2D eigenvalue weighted by molar-refractivity contribution is 8.00. The fourth-order valence-corrected chi connectivity index (χ4v) is 4.11. The van der Waals surface area contributed by atoms with Gasteiger partial charge in [-0.25, -0.2) is 0 Å². The maximum absolute atomic E-state index is 12.2. The molecule has 10 heteroatoms. The largest absolute Gasteiger partial charge is 0.494 e. The smallest absolute Gasteiger partial charge is 0.258 e. The second-order valence-electron chi connectivity index (χ2n) is 5.88. The maximum Gasteiger partial charge on any atom is 0.258 e. The van der Waals surface area contributed by atoms with Crippen molar-refractivity contribution in [2.24, 2.45) is 12.0 Å². The lowest BCUT2D eigenvalue weighted by molar-refractivity contribution is -0.115. The van der Waals surface area contributed by atoms with E-state index in [1.165, 1.54) is 23.1 Å². The predicted octanol–water partition coefficient (Wildman–Crippen LogP) is 2.73. The Balaban J connectivity index is 1.59. The molecule has 3 aromatic rings. The Morgan fingerprint density at radius 1 is 1.36 bits per heavy atom. The van der Waals surface area contributed by atoms with E-state index in [2.05, 4.69) is 15.5 Å². The molecule has 0 radical (unpaired) electrons. The van der Waals surface area contributed by atoms with Crippen molar-refractivity contribution < 1.29 is 18.8 Å². The molecule has 2 aromatic heterocycles. The Labute approximate surface area is 169 Å². The number of carbonyl (C=O) groups excluding carboxylic acids is 2. The average molecular weight is 421 g/mol. The molecule has 0 aliphatic rings. The number of nitrogens with one attached hydrogen (secondary N) is 1. The van der Waals surface area contributed by atoms with Crippen molar-refractivity contribution in [1.29, 1.82) is 0 Å². The Kier molecular flexibility index (Phi) is 6.53. The molecule has 0 saturated heterocycles. The summed E-state index contributed by atoms with van der Waals surface area (Å²) in [7, 11) is 1.87. The number of amides is 2. The number of thioether (sulfide) groups is 1. The first-order chi connectivity index (χ1) is 13.5. The molecule has 148 valence electrons. The molecule has 1 aromatic carbocycles. The number of thiazole rings is 1. The number of nitrogens with zero attached hydrogens (tertiary/aromatic N) is 3. The summed E-state index contributed by atoms with van der Waals surface area (Å²) in [6.07, 6.45) is 0. The second-order valence-corrected chi connectivity index (χ2v) is 7.87. The number of aryl methyl sites for hydroxylation is 2. The molecule has 0 bridgehead atoms. The first kappa shape index (κ1) is 20.2. The Morgan fingerprint density at radius 2 is 2.18 bits per heavy atom. The summed E-state index contributed by atoms with van der Waals surface area (Å²) in [5, 5.41) is 6.30. The minimum Gasteiger partial charge on any atom is -0.494 e. The van der Waals surface area contributed by atoms with Crippen molar-refractivity contribution in [2.75, 3.05) is 23.4 Å². The zero-order chi connectivity index (χ0) is 20.1. The van der Waals surface area contributed by atoms with Gasteiger partial charge in [0.1, 0.15) is 11.5 Å². The molecule has 1 N–H and O–H groups in total. The van der Waals surface area contributed by atoms with Crippen LogP contribution in [0.5, 0.6) is 5.75 Å². The minimum atomic E-state index is -0.290. The van der Waals surface area contributed by atoms with Crippen molar-refractivity contribution in [3.05, 3.63) is 34.8 Å². The summed E-state index contributed by atoms with van der Waals surface area (Å²) < 4.78 is 13.3. The Bertz CT molecular complexity index is 1070. The molecule has 3 rings (SSSR count). The molecule has 0 spiro atoms. The van der Waals surface area contributed by atoms with Crippen LogP contribution in [0.1, 0.15) is 12.7 Å². The van der Waals surface area contributed by atoms with Gasteiger partial charge in [-0.05, 0) is 32.0 Å². The minimum absolute atomic E-state index is 0.115. The average Bonchev–Trinajstić information content (AvgIpc) is 3.18. The van der Waals surface area contributed by atoms with E-state index in [-0.39, 0.29) is 23.3 Å². The fourth-order valence-electron chi connectivity index (χ4n) is 2.45. The number of benzene rings is 1. The highest BCUT2D eigenvalue weighted by Gasteiger charge is 2.09. The van der Waals surface area contributed by atoms with Gasteiger partial charge < -0.3 is 19.1 Å².